The van der Waals surface area contributed by atoms with Gasteiger partial charge in [-0.15, -0.1) is 0 Å². The van der Waals surface area contributed by atoms with Crippen LogP contribution in [0.3, 0.4) is 0 Å². The van der Waals surface area contributed by atoms with Gasteiger partial charge < -0.3 is 15.4 Å². The molecule has 0 spiro atoms. The van der Waals surface area contributed by atoms with E-state index in [-0.39, 0.29) is 26.9 Å². The van der Waals surface area contributed by atoms with E-state index in [1.165, 1.54) is 0 Å². The van der Waals surface area contributed by atoms with Crippen molar-refractivity contribution in [3.63, 3.8) is 0 Å². The second-order valence-corrected chi connectivity index (χ2v) is 9.57. The Morgan fingerprint density at radius 1 is 1.03 bits per heavy atom. The van der Waals surface area contributed by atoms with Crippen LogP contribution in [0, 0.1) is 0 Å². The van der Waals surface area contributed by atoms with Crippen molar-refractivity contribution in [2.45, 2.75) is 25.8 Å². The second-order valence-electron chi connectivity index (χ2n) is 8.76. The number of carbonyl (C=O) groups is 2. The highest BCUT2D eigenvalue weighted by atomic mass is 35.5. The van der Waals surface area contributed by atoms with Crippen molar-refractivity contribution in [3.05, 3.63) is 99.0 Å². The van der Waals surface area contributed by atoms with Crippen molar-refractivity contribution < 1.29 is 14.3 Å². The summed E-state index contributed by atoms with van der Waals surface area (Å²) in [6, 6.07) is 17.5. The standard InChI is InChI=1S/C27H24Cl2N2O3/c1-27(2)15-17-9-12-19(34-3)13-20(17)23(31-27)14-24(32)16-7-10-18(11-8-16)30-26(33)25-21(28)5-4-6-22(25)29/h4-14,31H,15H2,1-3H3,(H,30,33)/b23-14-. The minimum atomic E-state index is -0.420. The predicted octanol–water partition coefficient (Wildman–Crippen LogP) is 6.40. The third kappa shape index (κ3) is 5.11. The SMILES string of the molecule is COc1ccc2c(c1)/C(=C/C(=O)c1ccc(NC(=O)c3c(Cl)cccc3Cl)cc1)NC(C)(C)C2. The smallest absolute Gasteiger partial charge is 0.258 e. The van der Waals surface area contributed by atoms with E-state index in [9.17, 15) is 9.59 Å². The summed E-state index contributed by atoms with van der Waals surface area (Å²) in [6.07, 6.45) is 2.44. The highest BCUT2D eigenvalue weighted by molar-refractivity contribution is 6.40. The molecular formula is C27H24Cl2N2O3. The summed E-state index contributed by atoms with van der Waals surface area (Å²) in [5.41, 5.74) is 3.89. The van der Waals surface area contributed by atoms with Crippen LogP contribution in [-0.2, 0) is 6.42 Å². The van der Waals surface area contributed by atoms with Crippen molar-refractivity contribution in [2.75, 3.05) is 12.4 Å². The average Bonchev–Trinajstić information content (AvgIpc) is 2.78. The molecular weight excluding hydrogens is 471 g/mol. The fraction of sp³-hybridized carbons (Fsp3) is 0.185. The van der Waals surface area contributed by atoms with Crippen molar-refractivity contribution in [2.24, 2.45) is 0 Å². The summed E-state index contributed by atoms with van der Waals surface area (Å²) < 4.78 is 5.37. The molecule has 2 N–H and O–H groups in total. The molecule has 0 radical (unpaired) electrons. The minimum Gasteiger partial charge on any atom is -0.497 e. The van der Waals surface area contributed by atoms with E-state index in [1.54, 1.807) is 55.7 Å². The number of methoxy groups -OCH3 is 1. The van der Waals surface area contributed by atoms with Crippen molar-refractivity contribution in [1.82, 2.24) is 5.32 Å². The molecule has 1 aliphatic rings. The Kier molecular flexibility index (Phi) is 6.69. The summed E-state index contributed by atoms with van der Waals surface area (Å²) in [7, 11) is 1.62. The van der Waals surface area contributed by atoms with Crippen LogP contribution in [0.5, 0.6) is 5.75 Å². The van der Waals surface area contributed by atoms with Gasteiger partial charge in [0.2, 0.25) is 0 Å². The van der Waals surface area contributed by atoms with Crippen LogP contribution in [0.15, 0.2) is 66.7 Å². The van der Waals surface area contributed by atoms with E-state index in [4.69, 9.17) is 27.9 Å². The zero-order chi connectivity index (χ0) is 24.5. The number of rotatable bonds is 5. The van der Waals surface area contributed by atoms with Crippen LogP contribution in [0.25, 0.3) is 5.70 Å². The largest absolute Gasteiger partial charge is 0.497 e. The Labute approximate surface area is 208 Å². The number of ether oxygens (including phenoxy) is 1. The molecule has 4 rings (SSSR count). The van der Waals surface area contributed by atoms with Gasteiger partial charge in [0.1, 0.15) is 5.75 Å². The zero-order valence-corrected chi connectivity index (χ0v) is 20.6. The van der Waals surface area contributed by atoms with Crippen LogP contribution in [0.4, 0.5) is 5.69 Å². The molecule has 0 saturated carbocycles. The van der Waals surface area contributed by atoms with Crippen LogP contribution >= 0.6 is 23.2 Å². The van der Waals surface area contributed by atoms with Gasteiger partial charge in [0.05, 0.1) is 22.7 Å². The monoisotopic (exact) mass is 494 g/mol. The van der Waals surface area contributed by atoms with Gasteiger partial charge in [-0.05, 0) is 74.4 Å². The number of anilines is 1. The third-order valence-corrected chi connectivity index (χ3v) is 6.24. The molecule has 1 amide bonds. The number of allylic oxidation sites excluding steroid dienone is 1. The van der Waals surface area contributed by atoms with Crippen LogP contribution in [-0.4, -0.2) is 24.3 Å². The summed E-state index contributed by atoms with van der Waals surface area (Å²) in [6.45, 7) is 4.20. The molecule has 0 saturated heterocycles. The Hall–Kier alpha value is -3.28. The van der Waals surface area contributed by atoms with Gasteiger partial charge in [0, 0.05) is 34.1 Å². The molecule has 0 bridgehead atoms. The first kappa shape index (κ1) is 23.9. The van der Waals surface area contributed by atoms with Gasteiger partial charge in [-0.25, -0.2) is 0 Å². The van der Waals surface area contributed by atoms with Gasteiger partial charge in [-0.3, -0.25) is 9.59 Å². The van der Waals surface area contributed by atoms with E-state index in [0.29, 0.717) is 11.3 Å². The molecule has 5 nitrogen and oxygen atoms in total. The maximum atomic E-state index is 13.1. The summed E-state index contributed by atoms with van der Waals surface area (Å²) >= 11 is 12.2. The van der Waals surface area contributed by atoms with E-state index in [0.717, 1.165) is 29.0 Å². The Morgan fingerprint density at radius 3 is 2.35 bits per heavy atom. The highest BCUT2D eigenvalue weighted by Crippen LogP contribution is 2.32. The van der Waals surface area contributed by atoms with Crippen molar-refractivity contribution >= 4 is 46.3 Å². The van der Waals surface area contributed by atoms with E-state index < -0.39 is 5.91 Å². The lowest BCUT2D eigenvalue weighted by molar-refractivity contribution is 0.102. The Morgan fingerprint density at radius 2 is 1.71 bits per heavy atom. The number of ketones is 1. The molecule has 1 heterocycles. The molecule has 0 atom stereocenters. The molecule has 0 aromatic heterocycles. The number of hydrogen-bond donors (Lipinski definition) is 2. The van der Waals surface area contributed by atoms with Crippen LogP contribution in [0.2, 0.25) is 10.0 Å². The summed E-state index contributed by atoms with van der Waals surface area (Å²) in [5, 5.41) is 6.77. The van der Waals surface area contributed by atoms with Gasteiger partial charge in [-0.1, -0.05) is 35.3 Å². The number of fused-ring (bicyclic) bond motifs is 1. The summed E-state index contributed by atoms with van der Waals surface area (Å²) in [4.78, 5) is 25.7. The maximum absolute atomic E-state index is 13.1. The first-order valence-corrected chi connectivity index (χ1v) is 11.5. The molecule has 0 fully saturated rings. The Bertz CT molecular complexity index is 1280. The molecule has 0 unspecified atom stereocenters. The molecule has 0 aliphatic carbocycles. The molecule has 7 heteroatoms. The number of nitrogens with one attached hydrogen (secondary N) is 2. The fourth-order valence-corrected chi connectivity index (χ4v) is 4.56. The molecule has 3 aromatic carbocycles. The third-order valence-electron chi connectivity index (χ3n) is 5.61. The van der Waals surface area contributed by atoms with E-state index in [2.05, 4.69) is 24.5 Å². The lowest BCUT2D eigenvalue weighted by Crippen LogP contribution is -2.43. The maximum Gasteiger partial charge on any atom is 0.258 e. The first-order chi connectivity index (χ1) is 16.2. The van der Waals surface area contributed by atoms with E-state index in [1.807, 2.05) is 18.2 Å². The fourth-order valence-electron chi connectivity index (χ4n) is 3.99. The zero-order valence-electron chi connectivity index (χ0n) is 19.0. The number of hydrogen-bond acceptors (Lipinski definition) is 4. The average molecular weight is 495 g/mol. The van der Waals surface area contributed by atoms with Gasteiger partial charge in [-0.2, -0.15) is 0 Å². The van der Waals surface area contributed by atoms with Gasteiger partial charge in [0.25, 0.3) is 5.91 Å². The lowest BCUT2D eigenvalue weighted by Gasteiger charge is -2.35. The minimum absolute atomic E-state index is 0.152. The van der Waals surface area contributed by atoms with Crippen LogP contribution in [0.1, 0.15) is 45.7 Å². The molecule has 174 valence electrons. The van der Waals surface area contributed by atoms with Gasteiger partial charge in [0.15, 0.2) is 5.78 Å². The number of benzene rings is 3. The number of carbonyl (C=O) groups excluding carboxylic acids is 2. The van der Waals surface area contributed by atoms with Crippen molar-refractivity contribution in [1.29, 1.82) is 0 Å². The van der Waals surface area contributed by atoms with E-state index >= 15 is 0 Å². The lowest BCUT2D eigenvalue weighted by atomic mass is 9.85. The van der Waals surface area contributed by atoms with Crippen molar-refractivity contribution in [3.8, 4) is 5.75 Å². The number of halogens is 2. The quantitative estimate of drug-likeness (QED) is 0.318. The highest BCUT2D eigenvalue weighted by Gasteiger charge is 2.28. The molecule has 3 aromatic rings. The topological polar surface area (TPSA) is 67.4 Å². The second kappa shape index (κ2) is 9.53. The van der Waals surface area contributed by atoms with Crippen LogP contribution < -0.4 is 15.4 Å². The van der Waals surface area contributed by atoms with Gasteiger partial charge >= 0.3 is 0 Å². The molecule has 1 aliphatic heterocycles. The predicted molar refractivity (Wildman–Crippen MR) is 137 cm³/mol. The number of amides is 1. The Balaban J connectivity index is 1.56. The normalized spacial score (nSPS) is 15.3. The molecule has 34 heavy (non-hydrogen) atoms. The summed E-state index contributed by atoms with van der Waals surface area (Å²) in [5.74, 6) is 0.161. The first-order valence-electron chi connectivity index (χ1n) is 10.7.